The molecule has 4 unspecified atom stereocenters. The molecule has 1 aromatic rings. The van der Waals surface area contributed by atoms with E-state index in [1.807, 2.05) is 31.2 Å². The van der Waals surface area contributed by atoms with Crippen molar-refractivity contribution in [1.29, 1.82) is 0 Å². The standard InChI is InChI=1S/C20H28O5S2/c1-6-13-25-16-12-10-9-11-15(16)17(14(4)27(5)22)18(19(21)23-7-2)20(26)24-8-3/h6,9-12,14,17-18H,1,7-8,13H2,2-5H3. The van der Waals surface area contributed by atoms with Gasteiger partial charge in [-0.2, -0.15) is 0 Å². The Balaban J connectivity index is 3.50. The number of esters is 1. The molecule has 0 saturated heterocycles. The maximum absolute atomic E-state index is 12.8. The fourth-order valence-electron chi connectivity index (χ4n) is 2.80. The SMILES string of the molecule is C=CCOc1ccccc1C(C(C(=O)OCC)C(=S)OCC)C(C)[S+](C)[O-]. The van der Waals surface area contributed by atoms with Crippen LogP contribution < -0.4 is 4.74 Å². The van der Waals surface area contributed by atoms with Gasteiger partial charge in [-0.15, -0.1) is 0 Å². The molecule has 0 N–H and O–H groups in total. The highest BCUT2D eigenvalue weighted by Gasteiger charge is 2.43. The summed E-state index contributed by atoms with van der Waals surface area (Å²) < 4.78 is 28.9. The number of para-hydroxylation sites is 1. The summed E-state index contributed by atoms with van der Waals surface area (Å²) in [6, 6.07) is 7.35. The first-order valence-corrected chi connectivity index (χ1v) is 10.9. The van der Waals surface area contributed by atoms with Gasteiger partial charge in [0.2, 0.25) is 0 Å². The lowest BCUT2D eigenvalue weighted by atomic mass is 9.83. The summed E-state index contributed by atoms with van der Waals surface area (Å²) in [6.07, 6.45) is 3.25. The van der Waals surface area contributed by atoms with Crippen molar-refractivity contribution in [2.75, 3.05) is 26.1 Å². The van der Waals surface area contributed by atoms with Gasteiger partial charge >= 0.3 is 5.97 Å². The highest BCUT2D eigenvalue weighted by molar-refractivity contribution is 7.91. The fraction of sp³-hybridized carbons (Fsp3) is 0.500. The normalized spacial score (nSPS) is 15.1. The highest BCUT2D eigenvalue weighted by atomic mass is 32.2. The maximum atomic E-state index is 12.8. The average molecular weight is 413 g/mol. The first-order valence-electron chi connectivity index (χ1n) is 8.87. The summed E-state index contributed by atoms with van der Waals surface area (Å²) >= 11 is 4.18. The minimum absolute atomic E-state index is 0.136. The Morgan fingerprint density at radius 1 is 1.30 bits per heavy atom. The molecule has 0 fully saturated rings. The lowest BCUT2D eigenvalue weighted by molar-refractivity contribution is -0.146. The fourth-order valence-corrected chi connectivity index (χ4v) is 3.88. The van der Waals surface area contributed by atoms with Crippen LogP contribution in [0.15, 0.2) is 36.9 Å². The van der Waals surface area contributed by atoms with Crippen LogP contribution in [0.25, 0.3) is 0 Å². The average Bonchev–Trinajstić information content (AvgIpc) is 2.64. The number of carbonyl (C=O) groups excluding carboxylic acids is 1. The molecule has 0 spiro atoms. The molecule has 0 bridgehead atoms. The van der Waals surface area contributed by atoms with E-state index < -0.39 is 29.0 Å². The summed E-state index contributed by atoms with van der Waals surface area (Å²) in [5.41, 5.74) is 0.738. The van der Waals surface area contributed by atoms with Crippen LogP contribution in [0.4, 0.5) is 0 Å². The van der Waals surface area contributed by atoms with Crippen molar-refractivity contribution in [1.82, 2.24) is 0 Å². The predicted molar refractivity (Wildman–Crippen MR) is 113 cm³/mol. The van der Waals surface area contributed by atoms with Crippen molar-refractivity contribution in [2.24, 2.45) is 5.92 Å². The molecule has 0 heterocycles. The zero-order chi connectivity index (χ0) is 20.4. The largest absolute Gasteiger partial charge is 0.616 e. The van der Waals surface area contributed by atoms with Crippen molar-refractivity contribution in [3.05, 3.63) is 42.5 Å². The number of rotatable bonds is 11. The van der Waals surface area contributed by atoms with E-state index in [-0.39, 0.29) is 16.9 Å². The molecule has 5 nitrogen and oxygen atoms in total. The van der Waals surface area contributed by atoms with Crippen LogP contribution in [0.5, 0.6) is 5.75 Å². The molecule has 0 aliphatic rings. The van der Waals surface area contributed by atoms with Crippen LogP contribution in [0, 0.1) is 5.92 Å². The molecule has 1 rings (SSSR count). The summed E-state index contributed by atoms with van der Waals surface area (Å²) in [5.74, 6) is -1.28. The second kappa shape index (κ2) is 12.0. The van der Waals surface area contributed by atoms with Crippen LogP contribution in [0.2, 0.25) is 0 Å². The summed E-state index contributed by atoms with van der Waals surface area (Å²) in [4.78, 5) is 12.8. The molecule has 1 aromatic carbocycles. The van der Waals surface area contributed by atoms with Gasteiger partial charge in [0.1, 0.15) is 23.5 Å². The molecule has 0 aliphatic heterocycles. The Morgan fingerprint density at radius 2 is 1.93 bits per heavy atom. The number of ether oxygens (including phenoxy) is 3. The van der Waals surface area contributed by atoms with Crippen LogP contribution in [-0.4, -0.2) is 46.9 Å². The molecule has 7 heteroatoms. The van der Waals surface area contributed by atoms with Crippen LogP contribution >= 0.6 is 12.2 Å². The lowest BCUT2D eigenvalue weighted by Gasteiger charge is -2.31. The van der Waals surface area contributed by atoms with E-state index >= 15 is 0 Å². The molecule has 0 amide bonds. The molecule has 0 saturated carbocycles. The Hall–Kier alpha value is -1.57. The van der Waals surface area contributed by atoms with Gasteiger partial charge in [-0.25, -0.2) is 0 Å². The van der Waals surface area contributed by atoms with E-state index in [0.29, 0.717) is 19.0 Å². The lowest BCUT2D eigenvalue weighted by Crippen LogP contribution is -2.39. The summed E-state index contributed by atoms with van der Waals surface area (Å²) in [7, 11) is 0. The van der Waals surface area contributed by atoms with Gasteiger partial charge in [0.15, 0.2) is 5.05 Å². The molecule has 0 aromatic heterocycles. The number of benzene rings is 1. The summed E-state index contributed by atoms with van der Waals surface area (Å²) in [6.45, 7) is 9.88. The second-order valence-corrected chi connectivity index (χ2v) is 7.99. The molecule has 0 radical (unpaired) electrons. The molecular weight excluding hydrogens is 384 g/mol. The predicted octanol–water partition coefficient (Wildman–Crippen LogP) is 3.65. The van der Waals surface area contributed by atoms with Gasteiger partial charge in [0.25, 0.3) is 0 Å². The van der Waals surface area contributed by atoms with Crippen molar-refractivity contribution >= 4 is 34.4 Å². The minimum atomic E-state index is -1.22. The Bertz CT molecular complexity index is 615. The van der Waals surface area contributed by atoms with E-state index in [2.05, 4.69) is 6.58 Å². The first-order chi connectivity index (χ1) is 12.9. The van der Waals surface area contributed by atoms with Gasteiger partial charge in [-0.05, 0) is 39.1 Å². The van der Waals surface area contributed by atoms with Gasteiger partial charge in [0.05, 0.1) is 25.4 Å². The van der Waals surface area contributed by atoms with Gasteiger partial charge in [-0.1, -0.05) is 42.0 Å². The monoisotopic (exact) mass is 412 g/mol. The second-order valence-electron chi connectivity index (χ2n) is 5.85. The van der Waals surface area contributed by atoms with Crippen molar-refractivity contribution in [3.8, 4) is 5.75 Å². The molecule has 4 atom stereocenters. The highest BCUT2D eigenvalue weighted by Crippen LogP contribution is 2.39. The first kappa shape index (κ1) is 23.5. The Kier molecular flexibility index (Phi) is 10.4. The van der Waals surface area contributed by atoms with Crippen LogP contribution in [0.3, 0.4) is 0 Å². The van der Waals surface area contributed by atoms with E-state index in [0.717, 1.165) is 5.56 Å². The molecule has 27 heavy (non-hydrogen) atoms. The third-order valence-corrected chi connectivity index (χ3v) is 5.82. The van der Waals surface area contributed by atoms with Gasteiger partial charge < -0.3 is 18.8 Å². The molecular formula is C20H28O5S2. The van der Waals surface area contributed by atoms with Gasteiger partial charge in [0, 0.05) is 5.56 Å². The van der Waals surface area contributed by atoms with Crippen molar-refractivity contribution in [2.45, 2.75) is 31.9 Å². The van der Waals surface area contributed by atoms with E-state index in [9.17, 15) is 9.35 Å². The Morgan fingerprint density at radius 3 is 2.48 bits per heavy atom. The van der Waals surface area contributed by atoms with Crippen molar-refractivity contribution < 1.29 is 23.6 Å². The third-order valence-electron chi connectivity index (χ3n) is 4.10. The molecule has 150 valence electrons. The zero-order valence-electron chi connectivity index (χ0n) is 16.3. The minimum Gasteiger partial charge on any atom is -0.616 e. The van der Waals surface area contributed by atoms with E-state index in [1.54, 1.807) is 26.2 Å². The zero-order valence-corrected chi connectivity index (χ0v) is 17.9. The third kappa shape index (κ3) is 6.52. The van der Waals surface area contributed by atoms with E-state index in [1.165, 1.54) is 0 Å². The van der Waals surface area contributed by atoms with Crippen LogP contribution in [0.1, 0.15) is 32.3 Å². The maximum Gasteiger partial charge on any atom is 0.318 e. The van der Waals surface area contributed by atoms with Crippen molar-refractivity contribution in [3.63, 3.8) is 0 Å². The number of thiocarbonyl (C=S) groups is 1. The topological polar surface area (TPSA) is 67.8 Å². The molecule has 0 aliphatic carbocycles. The number of hydrogen-bond donors (Lipinski definition) is 0. The number of carbonyl (C=O) groups is 1. The Labute approximate surface area is 170 Å². The number of hydrogen-bond acceptors (Lipinski definition) is 6. The quantitative estimate of drug-likeness (QED) is 0.239. The van der Waals surface area contributed by atoms with E-state index in [4.69, 9.17) is 26.4 Å². The van der Waals surface area contributed by atoms with Crippen LogP contribution in [-0.2, 0) is 25.4 Å². The van der Waals surface area contributed by atoms with Gasteiger partial charge in [-0.3, -0.25) is 4.79 Å². The summed E-state index contributed by atoms with van der Waals surface area (Å²) in [5, 5.41) is -0.247. The smallest absolute Gasteiger partial charge is 0.318 e.